The van der Waals surface area contributed by atoms with Crippen LogP contribution < -0.4 is 14.9 Å². The summed E-state index contributed by atoms with van der Waals surface area (Å²) < 4.78 is 13.6. The van der Waals surface area contributed by atoms with Crippen molar-refractivity contribution in [3.63, 3.8) is 0 Å². The summed E-state index contributed by atoms with van der Waals surface area (Å²) in [6.07, 6.45) is 0. The largest absolute Gasteiger partial charge is 0.496 e. The average molecular weight is 522 g/mol. The molecule has 1 heterocycles. The third-order valence-corrected chi connectivity index (χ3v) is 5.96. The molecule has 0 aliphatic carbocycles. The molecule has 0 unspecified atom stereocenters. The van der Waals surface area contributed by atoms with Crippen LogP contribution in [0.3, 0.4) is 0 Å². The Bertz CT molecular complexity index is 1340. The number of hydrogen-bond acceptors (Lipinski definition) is 5. The van der Waals surface area contributed by atoms with Gasteiger partial charge in [0.05, 0.1) is 19.2 Å². The van der Waals surface area contributed by atoms with Crippen molar-refractivity contribution < 1.29 is 9.47 Å². The number of hydrogen-bond donors (Lipinski definition) is 2. The van der Waals surface area contributed by atoms with Gasteiger partial charge in [0.15, 0.2) is 5.82 Å². The second-order valence-corrected chi connectivity index (χ2v) is 8.67. The molecule has 10 heteroatoms. The quantitative estimate of drug-likeness (QED) is 0.247. The van der Waals surface area contributed by atoms with Crippen molar-refractivity contribution >= 4 is 47.0 Å². The van der Waals surface area contributed by atoms with E-state index in [1.165, 1.54) is 0 Å². The minimum absolute atomic E-state index is 0.280. The lowest BCUT2D eigenvalue weighted by Crippen LogP contribution is -2.16. The maximum Gasteiger partial charge on any atom is 0.214 e. The highest BCUT2D eigenvalue weighted by molar-refractivity contribution is 7.71. The number of nitrogens with zero attached hydrogens (tertiary/aromatic N) is 2. The molecule has 0 aliphatic heterocycles. The van der Waals surface area contributed by atoms with E-state index in [1.54, 1.807) is 30.0 Å². The third-order valence-electron chi connectivity index (χ3n) is 4.87. The van der Waals surface area contributed by atoms with Crippen molar-refractivity contribution in [2.45, 2.75) is 13.2 Å². The first kappa shape index (κ1) is 23.4. The zero-order valence-electron chi connectivity index (χ0n) is 17.4. The van der Waals surface area contributed by atoms with Crippen LogP contribution in [0.4, 0.5) is 0 Å². The highest BCUT2D eigenvalue weighted by Crippen LogP contribution is 2.29. The highest BCUT2D eigenvalue weighted by atomic mass is 35.5. The van der Waals surface area contributed by atoms with Crippen molar-refractivity contribution in [3.05, 3.63) is 91.6 Å². The van der Waals surface area contributed by atoms with Crippen molar-refractivity contribution in [2.75, 3.05) is 12.5 Å². The maximum atomic E-state index is 6.27. The zero-order valence-corrected chi connectivity index (χ0v) is 20.5. The van der Waals surface area contributed by atoms with E-state index in [1.807, 2.05) is 42.5 Å². The molecular formula is C23H19Cl3N4O2S. The third kappa shape index (κ3) is 5.45. The predicted octanol–water partition coefficient (Wildman–Crippen LogP) is 6.90. The second-order valence-electron chi connectivity index (χ2n) is 7.00. The zero-order chi connectivity index (χ0) is 23.4. The van der Waals surface area contributed by atoms with Crippen LogP contribution in [-0.2, 0) is 13.2 Å². The number of ether oxygens (including phenoxy) is 2. The molecular weight excluding hydrogens is 503 g/mol. The Balaban J connectivity index is 1.57. The van der Waals surface area contributed by atoms with Crippen molar-refractivity contribution in [1.82, 2.24) is 14.9 Å². The normalized spacial score (nSPS) is 10.8. The average Bonchev–Trinajstić information content (AvgIpc) is 3.18. The van der Waals surface area contributed by atoms with E-state index < -0.39 is 0 Å². The topological polar surface area (TPSA) is 64.1 Å². The van der Waals surface area contributed by atoms with E-state index >= 15 is 0 Å². The molecule has 170 valence electrons. The van der Waals surface area contributed by atoms with Gasteiger partial charge in [0.2, 0.25) is 4.77 Å². The number of H-pyrrole nitrogens is 1. The van der Waals surface area contributed by atoms with E-state index in [0.717, 1.165) is 16.7 Å². The fourth-order valence-electron chi connectivity index (χ4n) is 3.24. The van der Waals surface area contributed by atoms with E-state index in [0.29, 0.717) is 43.7 Å². The van der Waals surface area contributed by atoms with E-state index in [-0.39, 0.29) is 6.61 Å². The summed E-state index contributed by atoms with van der Waals surface area (Å²) in [5, 5.41) is 8.89. The van der Waals surface area contributed by atoms with Crippen molar-refractivity contribution in [3.8, 4) is 22.9 Å². The molecule has 0 amide bonds. The monoisotopic (exact) mass is 520 g/mol. The molecule has 33 heavy (non-hydrogen) atoms. The summed E-state index contributed by atoms with van der Waals surface area (Å²) in [6.45, 7) is 0.655. The Hall–Kier alpha value is -2.71. The Morgan fingerprint density at radius 1 is 0.970 bits per heavy atom. The number of benzene rings is 3. The lowest BCUT2D eigenvalue weighted by molar-refractivity contribution is 0.303. The van der Waals surface area contributed by atoms with Crippen LogP contribution in [0.15, 0.2) is 60.7 Å². The van der Waals surface area contributed by atoms with Gasteiger partial charge in [-0.05, 0) is 54.7 Å². The SMILES string of the molecule is COc1ccccc1-c1n[nH]c(=S)n1NCc1cc(Cl)ccc1OCc1ccc(Cl)cc1Cl. The number of aromatic nitrogens is 3. The molecule has 0 bridgehead atoms. The minimum atomic E-state index is 0.280. The minimum Gasteiger partial charge on any atom is -0.496 e. The summed E-state index contributed by atoms with van der Waals surface area (Å²) in [5.41, 5.74) is 5.74. The molecule has 0 atom stereocenters. The number of para-hydroxylation sites is 1. The van der Waals surface area contributed by atoms with Gasteiger partial charge in [0.25, 0.3) is 0 Å². The van der Waals surface area contributed by atoms with Gasteiger partial charge in [-0.3, -0.25) is 0 Å². The van der Waals surface area contributed by atoms with Gasteiger partial charge in [-0.1, -0.05) is 53.0 Å². The maximum absolute atomic E-state index is 6.27. The van der Waals surface area contributed by atoms with E-state index in [4.69, 9.17) is 56.5 Å². The van der Waals surface area contributed by atoms with Gasteiger partial charge in [0, 0.05) is 26.2 Å². The fraction of sp³-hybridized carbons (Fsp3) is 0.130. The van der Waals surface area contributed by atoms with E-state index in [9.17, 15) is 0 Å². The van der Waals surface area contributed by atoms with Crippen LogP contribution >= 0.6 is 47.0 Å². The van der Waals surface area contributed by atoms with Crippen LogP contribution in [-0.4, -0.2) is 22.0 Å². The predicted molar refractivity (Wildman–Crippen MR) is 135 cm³/mol. The first-order chi connectivity index (χ1) is 16.0. The Morgan fingerprint density at radius 2 is 1.73 bits per heavy atom. The van der Waals surface area contributed by atoms with Gasteiger partial charge in [0.1, 0.15) is 18.1 Å². The highest BCUT2D eigenvalue weighted by Gasteiger charge is 2.14. The lowest BCUT2D eigenvalue weighted by atomic mass is 10.2. The Kier molecular flexibility index (Phi) is 7.45. The summed E-state index contributed by atoms with van der Waals surface area (Å²) >= 11 is 23.9. The van der Waals surface area contributed by atoms with Crippen LogP contribution in [0.1, 0.15) is 11.1 Å². The van der Waals surface area contributed by atoms with Gasteiger partial charge in [-0.2, -0.15) is 5.10 Å². The summed E-state index contributed by atoms with van der Waals surface area (Å²) in [7, 11) is 1.61. The lowest BCUT2D eigenvalue weighted by Gasteiger charge is -2.16. The second kappa shape index (κ2) is 10.5. The molecule has 0 radical (unpaired) electrons. The van der Waals surface area contributed by atoms with E-state index in [2.05, 4.69) is 15.6 Å². The molecule has 2 N–H and O–H groups in total. The molecule has 0 saturated carbocycles. The molecule has 4 aromatic rings. The van der Waals surface area contributed by atoms with Gasteiger partial charge in [-0.15, -0.1) is 0 Å². The fourth-order valence-corrected chi connectivity index (χ4v) is 4.09. The molecule has 0 spiro atoms. The number of halogens is 3. The van der Waals surface area contributed by atoms with Crippen LogP contribution in [0.25, 0.3) is 11.4 Å². The molecule has 0 aliphatic rings. The number of rotatable bonds is 8. The number of methoxy groups -OCH3 is 1. The molecule has 0 saturated heterocycles. The van der Waals surface area contributed by atoms with Crippen molar-refractivity contribution in [1.29, 1.82) is 0 Å². The smallest absolute Gasteiger partial charge is 0.214 e. The Morgan fingerprint density at radius 3 is 2.52 bits per heavy atom. The first-order valence-electron chi connectivity index (χ1n) is 9.86. The first-order valence-corrected chi connectivity index (χ1v) is 11.4. The molecule has 6 nitrogen and oxygen atoms in total. The summed E-state index contributed by atoms with van der Waals surface area (Å²) in [4.78, 5) is 0. The molecule has 4 rings (SSSR count). The molecule has 3 aromatic carbocycles. The van der Waals surface area contributed by atoms with Gasteiger partial charge >= 0.3 is 0 Å². The summed E-state index contributed by atoms with van der Waals surface area (Å²) in [5.74, 6) is 1.93. The number of nitrogens with one attached hydrogen (secondary N) is 2. The van der Waals surface area contributed by atoms with Gasteiger partial charge < -0.3 is 14.9 Å². The number of aromatic amines is 1. The summed E-state index contributed by atoms with van der Waals surface area (Å²) in [6, 6.07) is 18.3. The van der Waals surface area contributed by atoms with Crippen LogP contribution in [0.5, 0.6) is 11.5 Å². The molecule has 0 fully saturated rings. The van der Waals surface area contributed by atoms with Gasteiger partial charge in [-0.25, -0.2) is 9.77 Å². The van der Waals surface area contributed by atoms with Crippen molar-refractivity contribution in [2.24, 2.45) is 0 Å². The van der Waals surface area contributed by atoms with Crippen LogP contribution in [0.2, 0.25) is 15.1 Å². The van der Waals surface area contributed by atoms with Crippen LogP contribution in [0, 0.1) is 4.77 Å². The molecule has 1 aromatic heterocycles. The Labute approximate surface area is 211 Å². The standard InChI is InChI=1S/C23H19Cl3N4O2S/c1-31-21-5-3-2-4-18(21)22-28-29-23(33)30(22)27-12-15-10-16(24)8-9-20(15)32-13-14-6-7-17(25)11-19(14)26/h2-11,27H,12-13H2,1H3,(H,29,33).